The molecule has 2 aromatic rings. The van der Waals surface area contributed by atoms with E-state index in [1.165, 1.54) is 12.4 Å². The molecule has 1 saturated heterocycles. The third-order valence-electron chi connectivity index (χ3n) is 3.77. The minimum absolute atomic E-state index is 0. The Morgan fingerprint density at radius 1 is 1.43 bits per heavy atom. The van der Waals surface area contributed by atoms with E-state index in [0.717, 1.165) is 26.2 Å². The molecule has 23 heavy (non-hydrogen) atoms. The summed E-state index contributed by atoms with van der Waals surface area (Å²) in [6.45, 7) is 5.72. The third-order valence-corrected chi connectivity index (χ3v) is 3.77. The van der Waals surface area contributed by atoms with Gasteiger partial charge < -0.3 is 22.7 Å². The number of piperazine rings is 1. The van der Waals surface area contributed by atoms with Gasteiger partial charge in [0.2, 0.25) is 11.4 Å². The summed E-state index contributed by atoms with van der Waals surface area (Å²) in [6.07, 6.45) is 2.78. The molecule has 3 heterocycles. The molecule has 0 amide bonds. The minimum Gasteiger partial charge on any atom is -1.00 e. The molecule has 0 bridgehead atoms. The van der Waals surface area contributed by atoms with Crippen molar-refractivity contribution in [3.63, 3.8) is 0 Å². The van der Waals surface area contributed by atoms with Crippen molar-refractivity contribution in [2.45, 2.75) is 13.5 Å². The molecule has 1 aliphatic rings. The number of aromatic nitrogens is 3. The van der Waals surface area contributed by atoms with Crippen molar-refractivity contribution < 1.29 is 12.8 Å². The van der Waals surface area contributed by atoms with E-state index in [4.69, 9.17) is 5.11 Å². The molecule has 120 valence electrons. The second kappa shape index (κ2) is 7.57. The maximum absolute atomic E-state index is 12.2. The number of nitrogens with one attached hydrogen (secondary N) is 1. The van der Waals surface area contributed by atoms with Crippen LogP contribution in [-0.2, 0) is 6.54 Å². The number of aryl methyl sites for hydroxylation is 1. The first kappa shape index (κ1) is 18.1. The van der Waals surface area contributed by atoms with Crippen LogP contribution in [0.4, 0.5) is 5.95 Å². The zero-order valence-corrected chi connectivity index (χ0v) is 15.2. The minimum atomic E-state index is -1.24. The Morgan fingerprint density at radius 3 is 2.74 bits per heavy atom. The smallest absolute Gasteiger partial charge is 1.00 e. The number of fused-ring (bicyclic) bond motifs is 1. The number of nitrogens with zero attached hydrogens (tertiary/aromatic N) is 4. The number of carboxylic acid groups (broad SMARTS) is 1. The van der Waals surface area contributed by atoms with Crippen LogP contribution in [0.15, 0.2) is 17.2 Å². The normalized spacial score (nSPS) is 14.6. The fraction of sp³-hybridized carbons (Fsp3) is 0.429. The van der Waals surface area contributed by atoms with Crippen LogP contribution in [0.3, 0.4) is 0 Å². The van der Waals surface area contributed by atoms with Gasteiger partial charge in [0.15, 0.2) is 0 Å². The summed E-state index contributed by atoms with van der Waals surface area (Å²) in [4.78, 5) is 34.2. The molecule has 0 unspecified atom stereocenters. The average molecular weight is 345 g/mol. The Bertz CT molecular complexity index is 796. The molecule has 8 nitrogen and oxygen atoms in total. The van der Waals surface area contributed by atoms with Gasteiger partial charge in [-0.25, -0.2) is 9.78 Å². The van der Waals surface area contributed by atoms with Crippen LogP contribution < -0.4 is 15.6 Å². The fourth-order valence-corrected chi connectivity index (χ4v) is 2.57. The SMILES string of the molecule is CCn1cc(C(=O)O)c(=O)c2cnc(N3CCNCC3)nc21.[Ca+2].[H-].[H-]. The van der Waals surface area contributed by atoms with Crippen LogP contribution in [0.2, 0.25) is 0 Å². The summed E-state index contributed by atoms with van der Waals surface area (Å²) >= 11 is 0. The quantitative estimate of drug-likeness (QED) is 0.741. The van der Waals surface area contributed by atoms with Crippen LogP contribution in [0.5, 0.6) is 0 Å². The van der Waals surface area contributed by atoms with Gasteiger partial charge in [-0.3, -0.25) is 4.79 Å². The maximum Gasteiger partial charge on any atom is 2.00 e. The van der Waals surface area contributed by atoms with Gasteiger partial charge in [0.25, 0.3) is 0 Å². The molecule has 0 spiro atoms. The molecule has 1 aliphatic heterocycles. The van der Waals surface area contributed by atoms with Crippen LogP contribution in [-0.4, -0.2) is 89.5 Å². The van der Waals surface area contributed by atoms with E-state index >= 15 is 0 Å². The van der Waals surface area contributed by atoms with Crippen molar-refractivity contribution in [2.24, 2.45) is 0 Å². The number of pyridine rings is 1. The van der Waals surface area contributed by atoms with Gasteiger partial charge in [0.05, 0.1) is 5.39 Å². The first-order valence-corrected chi connectivity index (χ1v) is 7.21. The number of aromatic carboxylic acids is 1. The Morgan fingerprint density at radius 2 is 2.13 bits per heavy atom. The Balaban J connectivity index is 0.00000192. The van der Waals surface area contributed by atoms with Crippen LogP contribution >= 0.6 is 0 Å². The molecule has 2 aromatic heterocycles. The Kier molecular flexibility index (Phi) is 5.96. The van der Waals surface area contributed by atoms with Gasteiger partial charge in [-0.2, -0.15) is 4.98 Å². The second-order valence-electron chi connectivity index (χ2n) is 5.11. The van der Waals surface area contributed by atoms with E-state index in [9.17, 15) is 9.59 Å². The number of hydrogen-bond acceptors (Lipinski definition) is 6. The monoisotopic (exact) mass is 345 g/mol. The Hall–Kier alpha value is -1.22. The predicted octanol–water partition coefficient (Wildman–Crippen LogP) is -0.237. The van der Waals surface area contributed by atoms with E-state index in [0.29, 0.717) is 18.1 Å². The number of carbonyl (C=O) groups is 1. The summed E-state index contributed by atoms with van der Waals surface area (Å²) in [6, 6.07) is 0. The van der Waals surface area contributed by atoms with E-state index in [1.807, 2.05) is 11.8 Å². The second-order valence-corrected chi connectivity index (χ2v) is 5.11. The zero-order valence-electron chi connectivity index (χ0n) is 14.9. The zero-order chi connectivity index (χ0) is 15.7. The third kappa shape index (κ3) is 3.50. The Labute approximate surface area is 165 Å². The van der Waals surface area contributed by atoms with E-state index in [2.05, 4.69) is 15.3 Å². The summed E-state index contributed by atoms with van der Waals surface area (Å²) in [5.41, 5.74) is -0.326. The van der Waals surface area contributed by atoms with Gasteiger partial charge in [-0.15, -0.1) is 0 Å². The van der Waals surface area contributed by atoms with Crippen molar-refractivity contribution in [2.75, 3.05) is 31.1 Å². The van der Waals surface area contributed by atoms with Crippen molar-refractivity contribution in [1.82, 2.24) is 19.9 Å². The van der Waals surface area contributed by atoms with Gasteiger partial charge in [-0.1, -0.05) is 0 Å². The van der Waals surface area contributed by atoms with Crippen molar-refractivity contribution in [3.8, 4) is 0 Å². The number of rotatable bonds is 3. The van der Waals surface area contributed by atoms with E-state index < -0.39 is 11.4 Å². The van der Waals surface area contributed by atoms with E-state index in [-0.39, 0.29) is 51.5 Å². The molecule has 0 radical (unpaired) electrons. The van der Waals surface area contributed by atoms with Crippen molar-refractivity contribution in [1.29, 1.82) is 0 Å². The standard InChI is InChI=1S/C14H17N5O3.Ca.2H/c1-2-18-8-10(13(21)22)11(20)9-7-16-14(17-12(9)18)19-5-3-15-4-6-19;;;/h7-8,15H,2-6H2,1H3,(H,21,22);;;/q;+2;2*-1. The molecule has 0 saturated carbocycles. The number of hydrogen-bond donors (Lipinski definition) is 2. The fourth-order valence-electron chi connectivity index (χ4n) is 2.57. The largest absolute Gasteiger partial charge is 2.00 e. The van der Waals surface area contributed by atoms with Gasteiger partial charge in [0, 0.05) is 45.1 Å². The molecule has 0 atom stereocenters. The summed E-state index contributed by atoms with van der Waals surface area (Å²) in [5.74, 6) is -0.668. The molecule has 0 aliphatic carbocycles. The summed E-state index contributed by atoms with van der Waals surface area (Å²) < 4.78 is 1.67. The first-order chi connectivity index (χ1) is 10.6. The summed E-state index contributed by atoms with van der Waals surface area (Å²) in [5, 5.41) is 12.6. The molecule has 1 fully saturated rings. The molecule has 0 aromatic carbocycles. The molecular formula is C14H19CaN5O3. The molecule has 9 heteroatoms. The first-order valence-electron chi connectivity index (χ1n) is 7.21. The maximum atomic E-state index is 12.2. The number of carboxylic acids is 1. The van der Waals surface area contributed by atoms with Crippen molar-refractivity contribution in [3.05, 3.63) is 28.2 Å². The van der Waals surface area contributed by atoms with Gasteiger partial charge in [0.1, 0.15) is 11.2 Å². The van der Waals surface area contributed by atoms with Crippen molar-refractivity contribution >= 4 is 60.7 Å². The molecule has 3 rings (SSSR count). The topological polar surface area (TPSA) is 100 Å². The summed E-state index contributed by atoms with van der Waals surface area (Å²) in [7, 11) is 0. The van der Waals surface area contributed by atoms with Crippen LogP contribution in [0.1, 0.15) is 20.1 Å². The van der Waals surface area contributed by atoms with Gasteiger partial charge in [-0.05, 0) is 6.92 Å². The predicted molar refractivity (Wildman–Crippen MR) is 89.5 cm³/mol. The molecular weight excluding hydrogens is 326 g/mol. The molecule has 2 N–H and O–H groups in total. The van der Waals surface area contributed by atoms with Crippen LogP contribution in [0.25, 0.3) is 11.0 Å². The van der Waals surface area contributed by atoms with Crippen LogP contribution in [0, 0.1) is 0 Å². The average Bonchev–Trinajstić information content (AvgIpc) is 2.55. The van der Waals surface area contributed by atoms with E-state index in [1.54, 1.807) is 4.57 Å². The number of anilines is 1. The van der Waals surface area contributed by atoms with Gasteiger partial charge >= 0.3 is 43.7 Å².